The topological polar surface area (TPSA) is 29.5 Å². The molecule has 2 aliphatic rings. The van der Waals surface area contributed by atoms with Crippen molar-refractivity contribution in [3.8, 4) is 0 Å². The van der Waals surface area contributed by atoms with Crippen molar-refractivity contribution in [3.63, 3.8) is 0 Å². The molecular formula is C9H13NO2S. The second-order valence-corrected chi connectivity index (χ2v) is 4.15. The Morgan fingerprint density at radius 2 is 2.00 bits per heavy atom. The van der Waals surface area contributed by atoms with Crippen molar-refractivity contribution in [2.75, 3.05) is 7.05 Å². The van der Waals surface area contributed by atoms with Gasteiger partial charge in [0.05, 0.1) is 0 Å². The van der Waals surface area contributed by atoms with Crippen LogP contribution in [0, 0.1) is 0 Å². The molecule has 1 saturated carbocycles. The number of likely N-dealkylation sites (N-methyl/N-ethyl adjacent to an activating group) is 1. The van der Waals surface area contributed by atoms with Crippen molar-refractivity contribution in [3.05, 3.63) is 0 Å². The molecule has 0 atom stereocenters. The molecule has 0 N–H and O–H groups in total. The number of nitrogens with zero attached hydrogens (tertiary/aromatic N) is 1. The van der Waals surface area contributed by atoms with Crippen LogP contribution >= 0.6 is 12.2 Å². The first-order chi connectivity index (χ1) is 6.16. The summed E-state index contributed by atoms with van der Waals surface area (Å²) in [5.74, 6) is -0.320. The van der Waals surface area contributed by atoms with E-state index in [1.54, 1.807) is 0 Å². The Morgan fingerprint density at radius 3 is 2.46 bits per heavy atom. The van der Waals surface area contributed by atoms with Crippen molar-refractivity contribution in [1.29, 1.82) is 0 Å². The van der Waals surface area contributed by atoms with Crippen LogP contribution in [0.1, 0.15) is 32.1 Å². The number of rotatable bonds is 0. The Hall–Kier alpha value is -0.640. The lowest BCUT2D eigenvalue weighted by molar-refractivity contribution is -0.157. The predicted molar refractivity (Wildman–Crippen MR) is 52.3 cm³/mol. The van der Waals surface area contributed by atoms with Gasteiger partial charge in [-0.05, 0) is 12.8 Å². The van der Waals surface area contributed by atoms with E-state index < -0.39 is 0 Å². The van der Waals surface area contributed by atoms with Crippen molar-refractivity contribution >= 4 is 23.2 Å². The van der Waals surface area contributed by atoms with Gasteiger partial charge in [-0.15, -0.1) is 0 Å². The zero-order chi connectivity index (χ0) is 9.47. The van der Waals surface area contributed by atoms with E-state index in [0.29, 0.717) is 4.99 Å². The normalized spacial score (nSPS) is 26.7. The summed E-state index contributed by atoms with van der Waals surface area (Å²) in [6.45, 7) is 0. The molecule has 4 heteroatoms. The van der Waals surface area contributed by atoms with E-state index in [9.17, 15) is 4.79 Å². The Labute approximate surface area is 83.0 Å². The quantitative estimate of drug-likeness (QED) is 0.436. The fourth-order valence-corrected chi connectivity index (χ4v) is 2.36. The summed E-state index contributed by atoms with van der Waals surface area (Å²) < 4.78 is 5.36. The molecule has 0 radical (unpaired) electrons. The zero-order valence-corrected chi connectivity index (χ0v) is 8.52. The Balaban J connectivity index is 2.23. The Morgan fingerprint density at radius 1 is 1.38 bits per heavy atom. The molecule has 1 aliphatic heterocycles. The minimum Gasteiger partial charge on any atom is -0.434 e. The molecule has 13 heavy (non-hydrogen) atoms. The van der Waals surface area contributed by atoms with Crippen LogP contribution in [0.2, 0.25) is 0 Å². The number of carbonyl (C=O) groups excluding carboxylic acids is 1. The number of ether oxygens (including phenoxy) is 1. The summed E-state index contributed by atoms with van der Waals surface area (Å²) in [7, 11) is 1.86. The van der Waals surface area contributed by atoms with Gasteiger partial charge < -0.3 is 9.64 Å². The third-order valence-corrected chi connectivity index (χ3v) is 3.45. The van der Waals surface area contributed by atoms with Gasteiger partial charge in [0.15, 0.2) is 10.7 Å². The maximum absolute atomic E-state index is 11.3. The average molecular weight is 199 g/mol. The molecule has 2 rings (SSSR count). The first-order valence-electron chi connectivity index (χ1n) is 4.67. The molecule has 1 aliphatic carbocycles. The summed E-state index contributed by atoms with van der Waals surface area (Å²) in [6, 6.07) is 0. The van der Waals surface area contributed by atoms with Crippen molar-refractivity contribution in [1.82, 2.24) is 4.90 Å². The summed E-state index contributed by atoms with van der Waals surface area (Å²) >= 11 is 4.97. The van der Waals surface area contributed by atoms with E-state index >= 15 is 0 Å². The first kappa shape index (κ1) is 8.94. The van der Waals surface area contributed by atoms with E-state index in [-0.39, 0.29) is 11.7 Å². The van der Waals surface area contributed by atoms with Crippen LogP contribution < -0.4 is 0 Å². The Kier molecular flexibility index (Phi) is 2.02. The summed E-state index contributed by atoms with van der Waals surface area (Å²) in [6.07, 6.45) is 5.34. The monoisotopic (exact) mass is 199 g/mol. The number of esters is 1. The van der Waals surface area contributed by atoms with Gasteiger partial charge in [0.2, 0.25) is 0 Å². The largest absolute Gasteiger partial charge is 0.434 e. The van der Waals surface area contributed by atoms with Crippen LogP contribution in [0.5, 0.6) is 0 Å². The van der Waals surface area contributed by atoms with E-state index in [4.69, 9.17) is 17.0 Å². The van der Waals surface area contributed by atoms with Crippen LogP contribution in [-0.4, -0.2) is 28.6 Å². The van der Waals surface area contributed by atoms with Crippen LogP contribution in [0.3, 0.4) is 0 Å². The van der Waals surface area contributed by atoms with Crippen LogP contribution in [-0.2, 0) is 9.53 Å². The van der Waals surface area contributed by atoms with Crippen LogP contribution in [0.25, 0.3) is 0 Å². The van der Waals surface area contributed by atoms with Gasteiger partial charge in [0.1, 0.15) is 0 Å². The van der Waals surface area contributed by atoms with Crippen molar-refractivity contribution < 1.29 is 9.53 Å². The molecule has 0 amide bonds. The maximum atomic E-state index is 11.3. The highest BCUT2D eigenvalue weighted by Gasteiger charge is 2.48. The summed E-state index contributed by atoms with van der Waals surface area (Å²) in [4.78, 5) is 13.4. The highest BCUT2D eigenvalue weighted by atomic mass is 32.1. The predicted octanol–water partition coefficient (Wildman–Crippen LogP) is 1.46. The third-order valence-electron chi connectivity index (χ3n) is 3.01. The molecule has 1 saturated heterocycles. The van der Waals surface area contributed by atoms with E-state index in [1.807, 2.05) is 11.9 Å². The average Bonchev–Trinajstić information content (AvgIpc) is 2.33. The fourth-order valence-electron chi connectivity index (χ4n) is 2.15. The lowest BCUT2D eigenvalue weighted by atomic mass is 9.91. The van der Waals surface area contributed by atoms with Gasteiger partial charge in [0.25, 0.3) is 0 Å². The molecule has 3 nitrogen and oxygen atoms in total. The van der Waals surface area contributed by atoms with Crippen molar-refractivity contribution in [2.24, 2.45) is 0 Å². The van der Waals surface area contributed by atoms with Gasteiger partial charge in [-0.2, -0.15) is 0 Å². The number of hydrogen-bond acceptors (Lipinski definition) is 3. The highest BCUT2D eigenvalue weighted by Crippen LogP contribution is 2.38. The number of carbonyl (C=O) groups is 1. The van der Waals surface area contributed by atoms with Gasteiger partial charge >= 0.3 is 5.97 Å². The van der Waals surface area contributed by atoms with E-state index in [1.165, 1.54) is 6.42 Å². The lowest BCUT2D eigenvalue weighted by Crippen LogP contribution is -2.45. The second-order valence-electron chi connectivity index (χ2n) is 3.76. The lowest BCUT2D eigenvalue weighted by Gasteiger charge is -2.37. The molecule has 2 fully saturated rings. The fraction of sp³-hybridized carbons (Fsp3) is 0.778. The highest BCUT2D eigenvalue weighted by molar-refractivity contribution is 7.82. The van der Waals surface area contributed by atoms with Gasteiger partial charge in [-0.1, -0.05) is 18.6 Å². The van der Waals surface area contributed by atoms with Crippen molar-refractivity contribution in [2.45, 2.75) is 37.8 Å². The Bertz CT molecular complexity index is 258. The van der Waals surface area contributed by atoms with Crippen LogP contribution in [0.4, 0.5) is 0 Å². The molecule has 0 bridgehead atoms. The van der Waals surface area contributed by atoms with Gasteiger partial charge in [-0.3, -0.25) is 0 Å². The van der Waals surface area contributed by atoms with Gasteiger partial charge in [-0.25, -0.2) is 4.79 Å². The molecule has 0 aromatic carbocycles. The minimum atomic E-state index is -0.383. The zero-order valence-electron chi connectivity index (χ0n) is 7.71. The van der Waals surface area contributed by atoms with E-state index in [2.05, 4.69) is 0 Å². The summed E-state index contributed by atoms with van der Waals surface area (Å²) in [5.41, 5.74) is -0.383. The molecule has 1 spiro atoms. The first-order valence-corrected chi connectivity index (χ1v) is 5.08. The second kappa shape index (κ2) is 2.94. The van der Waals surface area contributed by atoms with Gasteiger partial charge in [0, 0.05) is 19.9 Å². The molecule has 1 heterocycles. The standard InChI is InChI=1S/C9H13NO2S/c1-10-7(13)8(11)12-9(10)5-3-2-4-6-9/h2-6H2,1H3. The smallest absolute Gasteiger partial charge is 0.368 e. The molecule has 0 aromatic heterocycles. The molecule has 72 valence electrons. The minimum absolute atomic E-state index is 0.320. The number of hydrogen-bond donors (Lipinski definition) is 0. The SMILES string of the molecule is CN1C(=S)C(=O)OC12CCCCC2. The molecule has 0 aromatic rings. The maximum Gasteiger partial charge on any atom is 0.368 e. The molecule has 0 unspecified atom stereocenters. The third kappa shape index (κ3) is 1.24. The summed E-state index contributed by atoms with van der Waals surface area (Å²) in [5, 5.41) is 0. The van der Waals surface area contributed by atoms with Crippen LogP contribution in [0.15, 0.2) is 0 Å². The number of thiocarbonyl (C=S) groups is 1. The van der Waals surface area contributed by atoms with E-state index in [0.717, 1.165) is 25.7 Å². The molecular weight excluding hydrogens is 186 g/mol.